The van der Waals surface area contributed by atoms with Crippen molar-refractivity contribution in [2.75, 3.05) is 79.8 Å². The van der Waals surface area contributed by atoms with Gasteiger partial charge in [0.1, 0.15) is 34.5 Å². The minimum absolute atomic E-state index is 0. The van der Waals surface area contributed by atoms with Gasteiger partial charge in [0.05, 0.1) is 52.5 Å². The summed E-state index contributed by atoms with van der Waals surface area (Å²) in [7, 11) is 1.00. The number of hydrogen-bond donors (Lipinski definition) is 5. The number of benzene rings is 6. The van der Waals surface area contributed by atoms with Crippen LogP contribution in [0.4, 0.5) is 0 Å². The van der Waals surface area contributed by atoms with E-state index in [1.165, 1.54) is 55.9 Å². The second-order valence-electron chi connectivity index (χ2n) is 22.2. The summed E-state index contributed by atoms with van der Waals surface area (Å²) in [4.78, 5) is 0. The molecular weight excluding hydrogens is 1450 g/mol. The monoisotopic (exact) mass is 1640 g/mol. The molecule has 0 fully saturated rings. The number of phenols is 2. The van der Waals surface area contributed by atoms with Crippen molar-refractivity contribution in [1.82, 2.24) is 0 Å². The third-order valence-corrected chi connectivity index (χ3v) is 10.1. The topological polar surface area (TPSA) is 203 Å². The Labute approximate surface area is 716 Å². The van der Waals surface area contributed by atoms with Crippen molar-refractivity contribution in [2.24, 2.45) is 0 Å². The van der Waals surface area contributed by atoms with E-state index in [-0.39, 0.29) is 48.7 Å². The molecule has 680 valence electrons. The van der Waals surface area contributed by atoms with E-state index < -0.39 is 0 Å². The highest BCUT2D eigenvalue weighted by Crippen LogP contribution is 2.18. The van der Waals surface area contributed by atoms with Crippen LogP contribution in [0.25, 0.3) is 0 Å². The SMILES string of the molecule is C=COCC.CC.CC.CC.CC.CC.CC.CCC.CCC.CCC.CCC.CCC.CCC.CCOC(C)Oc1cccc(C)c1.CCOC(C)Oc1cccc(C)c1.CO.Cc1cccc(O)c1.Cc1cccc(O)c1.Cc1cccc(OC(C)OCCOCCOC(C)Oc2cccc(C)c2)c1.OCCCOCCO.[CH3+].[H+].[H+]. The van der Waals surface area contributed by atoms with E-state index in [4.69, 9.17) is 72.9 Å². The van der Waals surface area contributed by atoms with Crippen LogP contribution < -0.4 is 18.9 Å². The van der Waals surface area contributed by atoms with Crippen LogP contribution in [0.3, 0.4) is 0 Å². The molecule has 4 unspecified atom stereocenters. The van der Waals surface area contributed by atoms with Crippen molar-refractivity contribution in [3.05, 3.63) is 199 Å². The average molecular weight is 1640 g/mol. The number of aliphatic hydroxyl groups excluding tert-OH is 3. The van der Waals surface area contributed by atoms with Crippen molar-refractivity contribution in [1.29, 1.82) is 0 Å². The minimum Gasteiger partial charge on any atom is -0.508 e. The number of aliphatic hydroxyl groups is 3. The molecule has 115 heavy (non-hydrogen) atoms. The lowest BCUT2D eigenvalue weighted by molar-refractivity contribution is -0.102. The highest BCUT2D eigenvalue weighted by molar-refractivity contribution is 5.30. The molecule has 0 radical (unpaired) electrons. The first-order valence-corrected chi connectivity index (χ1v) is 42.8. The van der Waals surface area contributed by atoms with Crippen LogP contribution in [0.5, 0.6) is 34.5 Å². The number of aryl methyl sites for hydroxylation is 6. The van der Waals surface area contributed by atoms with Gasteiger partial charge in [-0.05, 0) is 203 Å². The zero-order chi connectivity index (χ0) is 91.4. The van der Waals surface area contributed by atoms with Gasteiger partial charge in [-0.15, -0.1) is 0 Å². The minimum atomic E-state index is -0.325. The molecule has 4 atom stereocenters. The lowest BCUT2D eigenvalue weighted by atomic mass is 10.2. The molecule has 0 bridgehead atoms. The zero-order valence-corrected chi connectivity index (χ0v) is 81.9. The number of ether oxygens (including phenoxy) is 11. The summed E-state index contributed by atoms with van der Waals surface area (Å²) in [6.45, 7) is 83.3. The Morgan fingerprint density at radius 1 is 0.313 bits per heavy atom. The lowest BCUT2D eigenvalue weighted by Crippen LogP contribution is -2.21. The molecule has 6 rings (SSSR count). The van der Waals surface area contributed by atoms with Crippen LogP contribution in [-0.2, 0) is 33.2 Å². The number of hydrogen-bond acceptors (Lipinski definition) is 16. The van der Waals surface area contributed by atoms with Crippen LogP contribution in [0, 0.1) is 49.0 Å². The van der Waals surface area contributed by atoms with Gasteiger partial charge in [-0.2, -0.15) is 0 Å². The van der Waals surface area contributed by atoms with Gasteiger partial charge in [0.2, 0.25) is 0 Å². The van der Waals surface area contributed by atoms with Gasteiger partial charge in [0.25, 0.3) is 0 Å². The van der Waals surface area contributed by atoms with Crippen LogP contribution in [-0.4, -0.2) is 130 Å². The van der Waals surface area contributed by atoms with E-state index in [0.29, 0.717) is 70.8 Å². The lowest BCUT2D eigenvalue weighted by Gasteiger charge is -2.17. The van der Waals surface area contributed by atoms with E-state index in [2.05, 4.69) is 94.4 Å². The van der Waals surface area contributed by atoms with Gasteiger partial charge in [0.15, 0.2) is 25.2 Å². The Kier molecular flexibility index (Phi) is 166. The maximum atomic E-state index is 8.81. The number of rotatable bonds is 27. The molecule has 0 aromatic heterocycles. The fraction of sp³-hybridized carbons (Fsp3) is 0.606. The Morgan fingerprint density at radius 2 is 0.530 bits per heavy atom. The Bertz CT molecular complexity index is 2370. The fourth-order valence-corrected chi connectivity index (χ4v) is 6.48. The smallest absolute Gasteiger partial charge is 0.508 e. The largest absolute Gasteiger partial charge is 1.00 e. The van der Waals surface area contributed by atoms with Crippen molar-refractivity contribution >= 4 is 0 Å². The standard InChI is InChI=1S/C22H30O5.2C11H16O2.2C7H8O.C5H12O3.C4H8O.6C3H8.6C2H6.CH4O.CH3/c1-17-7-5-9-21(15-17)26-19(3)24-13-11-23-12-14-25-20(4)27-22-10-6-8-18(2)16-22;2*1-4-12-10(3)13-11-7-5-6-9(2)8-11;2*1-6-3-2-4-7(8)5-6;6-2-1-4-8-5-3-7;1-3-5-4-2;6*1-3-2;7*1-2;/h5-10,15-16,19-20H,11-14H2,1-4H3;2*5-8,10H,4H2,1-3H3;2*2-5,8H,1H3;6-7H,1-5H2;3H,1,4H2,2H3;6*3H2,1-2H3;6*1-2H3;2H,1H3;1H3/q;;;;;;;;;;;;;;;;;;;;+1/p+2. The van der Waals surface area contributed by atoms with Gasteiger partial charge in [-0.1, -0.05) is 284 Å². The molecule has 16 heteroatoms. The van der Waals surface area contributed by atoms with Crippen molar-refractivity contribution in [3.8, 4) is 34.5 Å². The highest BCUT2D eigenvalue weighted by Gasteiger charge is 2.07. The first kappa shape index (κ1) is 143. The van der Waals surface area contributed by atoms with Crippen molar-refractivity contribution in [3.63, 3.8) is 0 Å². The van der Waals surface area contributed by atoms with E-state index in [9.17, 15) is 0 Å². The van der Waals surface area contributed by atoms with Crippen LogP contribution in [0.15, 0.2) is 158 Å². The van der Waals surface area contributed by atoms with E-state index in [0.717, 1.165) is 59.0 Å². The van der Waals surface area contributed by atoms with Gasteiger partial charge in [0, 0.05) is 41.0 Å². The molecule has 0 spiro atoms. The molecule has 16 nitrogen and oxygen atoms in total. The summed E-state index contributed by atoms with van der Waals surface area (Å²) >= 11 is 0. The van der Waals surface area contributed by atoms with Crippen LogP contribution in [0.1, 0.15) is 296 Å². The summed E-state index contributed by atoms with van der Waals surface area (Å²) < 4.78 is 59.1. The van der Waals surface area contributed by atoms with Gasteiger partial charge >= 0.3 is 2.85 Å². The second kappa shape index (κ2) is 133. The normalized spacial score (nSPS) is 9.47. The highest BCUT2D eigenvalue weighted by atomic mass is 16.7. The predicted octanol–water partition coefficient (Wildman–Crippen LogP) is 28.9. The van der Waals surface area contributed by atoms with Crippen LogP contribution >= 0.6 is 0 Å². The molecule has 6 aromatic carbocycles. The van der Waals surface area contributed by atoms with Gasteiger partial charge in [-0.25, -0.2) is 0 Å². The fourth-order valence-electron chi connectivity index (χ4n) is 6.48. The summed E-state index contributed by atoms with van der Waals surface area (Å²) in [5.74, 6) is 4.01. The second-order valence-corrected chi connectivity index (χ2v) is 22.2. The quantitative estimate of drug-likeness (QED) is 0.0141. The molecule has 0 heterocycles. The Hall–Kier alpha value is -6.83. The molecule has 0 amide bonds. The maximum absolute atomic E-state index is 8.81. The van der Waals surface area contributed by atoms with Crippen molar-refractivity contribution in [2.45, 2.75) is 326 Å². The van der Waals surface area contributed by atoms with Gasteiger partial charge in [-0.3, -0.25) is 0 Å². The maximum Gasteiger partial charge on any atom is 1.00 e. The summed E-state index contributed by atoms with van der Waals surface area (Å²) in [5.41, 5.74) is 6.88. The third kappa shape index (κ3) is 140. The average Bonchev–Trinajstić information content (AvgIpc) is 0.927. The van der Waals surface area contributed by atoms with E-state index in [1.54, 1.807) is 24.3 Å². The van der Waals surface area contributed by atoms with Crippen LogP contribution in [0.2, 0.25) is 0 Å². The van der Waals surface area contributed by atoms with E-state index in [1.807, 2.05) is 294 Å². The molecule has 0 aliphatic heterocycles. The molecule has 5 N–H and O–H groups in total. The molecule has 0 aliphatic carbocycles. The Balaban J connectivity index is -0.0000000649. The van der Waals surface area contributed by atoms with Crippen molar-refractivity contribution < 1.29 is 80.5 Å². The van der Waals surface area contributed by atoms with E-state index >= 15 is 0 Å². The van der Waals surface area contributed by atoms with Gasteiger partial charge < -0.3 is 77.6 Å². The summed E-state index contributed by atoms with van der Waals surface area (Å²) in [6, 6.07) is 46.0. The molecule has 0 aliphatic rings. The molecule has 0 saturated heterocycles. The molecule has 0 saturated carbocycles. The molecule has 6 aromatic rings. The first-order valence-electron chi connectivity index (χ1n) is 42.8. The zero-order valence-electron chi connectivity index (χ0n) is 83.9. The number of phenolic OH excluding ortho intramolecular Hbond substituents is 2. The molecular formula is C99H191O16+3. The summed E-state index contributed by atoms with van der Waals surface area (Å²) in [5, 5.41) is 41.0. The Morgan fingerprint density at radius 3 is 0.696 bits per heavy atom. The number of aromatic hydroxyl groups is 2. The predicted molar refractivity (Wildman–Crippen MR) is 509 cm³/mol. The third-order valence-electron chi connectivity index (χ3n) is 10.1. The first-order chi connectivity index (χ1) is 54.9. The summed E-state index contributed by atoms with van der Waals surface area (Å²) in [6.07, 6.45) is 8.59.